The topological polar surface area (TPSA) is 83.6 Å². The van der Waals surface area contributed by atoms with Crippen LogP contribution < -0.4 is 0 Å². The largest absolute Gasteiger partial charge is 0.508 e. The van der Waals surface area contributed by atoms with Crippen molar-refractivity contribution in [2.45, 2.75) is 6.10 Å². The molecule has 0 amide bonds. The molecule has 0 fully saturated rings. The van der Waals surface area contributed by atoms with Crippen LogP contribution in [-0.2, 0) is 0 Å². The summed E-state index contributed by atoms with van der Waals surface area (Å²) in [6.07, 6.45) is -1.30. The summed E-state index contributed by atoms with van der Waals surface area (Å²) >= 11 is 0. The number of aliphatic hydroxyl groups excluding tert-OH is 1. The summed E-state index contributed by atoms with van der Waals surface area (Å²) in [6.45, 7) is 0. The van der Waals surface area contributed by atoms with Gasteiger partial charge in [0.1, 0.15) is 11.9 Å². The maximum Gasteiger partial charge on any atom is 0.270 e. The van der Waals surface area contributed by atoms with Gasteiger partial charge in [0.25, 0.3) is 5.69 Å². The van der Waals surface area contributed by atoms with Crippen LogP contribution in [0.1, 0.15) is 17.2 Å². The molecule has 0 aromatic heterocycles. The number of non-ortho nitro benzene ring substituents is 1. The number of nitro groups is 1. The summed E-state index contributed by atoms with van der Waals surface area (Å²) < 4.78 is 0. The van der Waals surface area contributed by atoms with Gasteiger partial charge in [0, 0.05) is 23.3 Å². The van der Waals surface area contributed by atoms with Crippen LogP contribution >= 0.6 is 0 Å². The van der Waals surface area contributed by atoms with Crippen molar-refractivity contribution in [1.82, 2.24) is 0 Å². The number of benzene rings is 2. The van der Waals surface area contributed by atoms with E-state index in [4.69, 9.17) is 0 Å². The Morgan fingerprint density at radius 2 is 1.85 bits per heavy atom. The molecule has 20 heavy (non-hydrogen) atoms. The third-order valence-electron chi connectivity index (χ3n) is 2.64. The highest BCUT2D eigenvalue weighted by molar-refractivity contribution is 5.47. The summed E-state index contributed by atoms with van der Waals surface area (Å²) in [5.74, 6) is 5.05. The SMILES string of the molecule is O=[N+]([O-])c1ccc(O)c(C(O)C#Cc2ccccc2)c1. The number of nitro benzene ring substituents is 1. The first-order valence-electron chi connectivity index (χ1n) is 5.80. The van der Waals surface area contributed by atoms with E-state index in [0.717, 1.165) is 12.1 Å². The Balaban J connectivity index is 2.30. The third kappa shape index (κ3) is 3.13. The minimum atomic E-state index is -1.30. The first-order chi connectivity index (χ1) is 9.58. The molecular weight excluding hydrogens is 258 g/mol. The van der Waals surface area contributed by atoms with Crippen molar-refractivity contribution in [3.05, 3.63) is 69.8 Å². The number of nitrogens with zero attached hydrogens (tertiary/aromatic N) is 1. The molecule has 0 saturated heterocycles. The fourth-order valence-corrected chi connectivity index (χ4v) is 1.63. The quantitative estimate of drug-likeness (QED) is 0.498. The molecule has 1 atom stereocenters. The van der Waals surface area contributed by atoms with E-state index in [-0.39, 0.29) is 17.0 Å². The summed E-state index contributed by atoms with van der Waals surface area (Å²) in [6, 6.07) is 12.4. The number of aromatic hydroxyl groups is 1. The average Bonchev–Trinajstić information content (AvgIpc) is 2.46. The normalized spacial score (nSPS) is 11.2. The molecule has 2 aromatic carbocycles. The number of aliphatic hydroxyl groups is 1. The van der Waals surface area contributed by atoms with E-state index in [0.29, 0.717) is 5.56 Å². The van der Waals surface area contributed by atoms with Crippen molar-refractivity contribution >= 4 is 5.69 Å². The van der Waals surface area contributed by atoms with Gasteiger partial charge in [-0.05, 0) is 18.2 Å². The van der Waals surface area contributed by atoms with E-state index < -0.39 is 11.0 Å². The monoisotopic (exact) mass is 269 g/mol. The summed E-state index contributed by atoms with van der Waals surface area (Å²) in [4.78, 5) is 10.1. The van der Waals surface area contributed by atoms with E-state index in [1.807, 2.05) is 6.07 Å². The fraction of sp³-hybridized carbons (Fsp3) is 0.0667. The van der Waals surface area contributed by atoms with Gasteiger partial charge >= 0.3 is 0 Å². The molecule has 2 aromatic rings. The molecule has 0 saturated carbocycles. The molecule has 2 rings (SSSR count). The molecule has 0 aliphatic heterocycles. The molecule has 1 unspecified atom stereocenters. The Bertz CT molecular complexity index is 686. The Morgan fingerprint density at radius 1 is 1.15 bits per heavy atom. The van der Waals surface area contributed by atoms with Crippen molar-refractivity contribution in [3.63, 3.8) is 0 Å². The van der Waals surface area contributed by atoms with E-state index >= 15 is 0 Å². The smallest absolute Gasteiger partial charge is 0.270 e. The third-order valence-corrected chi connectivity index (χ3v) is 2.64. The molecule has 5 nitrogen and oxygen atoms in total. The van der Waals surface area contributed by atoms with Crippen LogP contribution in [0.3, 0.4) is 0 Å². The van der Waals surface area contributed by atoms with Crippen molar-refractivity contribution in [2.24, 2.45) is 0 Å². The van der Waals surface area contributed by atoms with Gasteiger partial charge in [-0.3, -0.25) is 10.1 Å². The molecule has 5 heteroatoms. The number of phenolic OH excluding ortho intramolecular Hbond substituents is 1. The van der Waals surface area contributed by atoms with Crippen molar-refractivity contribution in [2.75, 3.05) is 0 Å². The van der Waals surface area contributed by atoms with E-state index in [1.165, 1.54) is 6.07 Å². The second kappa shape index (κ2) is 5.87. The second-order valence-electron chi connectivity index (χ2n) is 4.04. The highest BCUT2D eigenvalue weighted by atomic mass is 16.6. The summed E-state index contributed by atoms with van der Waals surface area (Å²) in [7, 11) is 0. The summed E-state index contributed by atoms with van der Waals surface area (Å²) in [5, 5.41) is 30.2. The van der Waals surface area contributed by atoms with Gasteiger partial charge in [0.15, 0.2) is 0 Å². The number of hydrogen-bond donors (Lipinski definition) is 2. The highest BCUT2D eigenvalue weighted by Crippen LogP contribution is 2.28. The Labute approximate surface area is 115 Å². The Hall–Kier alpha value is -2.84. The molecule has 2 N–H and O–H groups in total. The van der Waals surface area contributed by atoms with Crippen molar-refractivity contribution in [3.8, 4) is 17.6 Å². The van der Waals surface area contributed by atoms with Crippen LogP contribution in [0.2, 0.25) is 0 Å². The van der Waals surface area contributed by atoms with Gasteiger partial charge < -0.3 is 10.2 Å². The average molecular weight is 269 g/mol. The lowest BCUT2D eigenvalue weighted by molar-refractivity contribution is -0.385. The van der Waals surface area contributed by atoms with Crippen LogP contribution in [0.15, 0.2) is 48.5 Å². The van der Waals surface area contributed by atoms with Gasteiger partial charge in [0.05, 0.1) is 4.92 Å². The van der Waals surface area contributed by atoms with Gasteiger partial charge in [0.2, 0.25) is 0 Å². The predicted octanol–water partition coefficient (Wildman–Crippen LogP) is 2.39. The van der Waals surface area contributed by atoms with Gasteiger partial charge in [-0.25, -0.2) is 0 Å². The molecule has 0 radical (unpaired) electrons. The lowest BCUT2D eigenvalue weighted by Gasteiger charge is -2.06. The Kier molecular flexibility index (Phi) is 3.99. The lowest BCUT2D eigenvalue weighted by atomic mass is 10.1. The molecule has 100 valence electrons. The van der Waals surface area contributed by atoms with Crippen LogP contribution in [0.4, 0.5) is 5.69 Å². The van der Waals surface area contributed by atoms with Crippen LogP contribution in [0.5, 0.6) is 5.75 Å². The first kappa shape index (κ1) is 13.6. The van der Waals surface area contributed by atoms with Gasteiger partial charge in [-0.1, -0.05) is 30.0 Å². The summed E-state index contributed by atoms with van der Waals surface area (Å²) in [5.41, 5.74) is 0.512. The molecule has 0 bridgehead atoms. The van der Waals surface area contributed by atoms with Crippen LogP contribution in [-0.4, -0.2) is 15.1 Å². The van der Waals surface area contributed by atoms with E-state index in [1.54, 1.807) is 24.3 Å². The predicted molar refractivity (Wildman–Crippen MR) is 73.0 cm³/mol. The maximum atomic E-state index is 10.7. The maximum absolute atomic E-state index is 10.7. The second-order valence-corrected chi connectivity index (χ2v) is 4.04. The van der Waals surface area contributed by atoms with Crippen LogP contribution in [0, 0.1) is 22.0 Å². The Morgan fingerprint density at radius 3 is 2.50 bits per heavy atom. The number of phenols is 1. The highest BCUT2D eigenvalue weighted by Gasteiger charge is 2.15. The van der Waals surface area contributed by atoms with E-state index in [2.05, 4.69) is 11.8 Å². The fourth-order valence-electron chi connectivity index (χ4n) is 1.63. The van der Waals surface area contributed by atoms with Crippen molar-refractivity contribution < 1.29 is 15.1 Å². The molecule has 0 aliphatic carbocycles. The standard InChI is InChI=1S/C15H11NO4/c17-14(8-6-11-4-2-1-3-5-11)13-10-12(16(19)20)7-9-15(13)18/h1-5,7,9-10,14,17-18H. The number of hydrogen-bond acceptors (Lipinski definition) is 4. The van der Waals surface area contributed by atoms with Gasteiger partial charge in [-0.15, -0.1) is 0 Å². The number of rotatable bonds is 2. The first-order valence-corrected chi connectivity index (χ1v) is 5.80. The molecule has 0 spiro atoms. The molecule has 0 aliphatic rings. The zero-order valence-corrected chi connectivity index (χ0v) is 10.4. The molecule has 0 heterocycles. The zero-order chi connectivity index (χ0) is 14.5. The van der Waals surface area contributed by atoms with Crippen molar-refractivity contribution in [1.29, 1.82) is 0 Å². The lowest BCUT2D eigenvalue weighted by Crippen LogP contribution is -1.97. The van der Waals surface area contributed by atoms with Gasteiger partial charge in [-0.2, -0.15) is 0 Å². The van der Waals surface area contributed by atoms with Crippen LogP contribution in [0.25, 0.3) is 0 Å². The van der Waals surface area contributed by atoms with E-state index in [9.17, 15) is 20.3 Å². The minimum absolute atomic E-state index is 0.0163. The zero-order valence-electron chi connectivity index (χ0n) is 10.4. The molecular formula is C15H11NO4. The minimum Gasteiger partial charge on any atom is -0.508 e.